The Morgan fingerprint density at radius 2 is 1.94 bits per heavy atom. The largest absolute Gasteiger partial charge is 0.277 e. The second-order valence-corrected chi connectivity index (χ2v) is 6.53. The number of unbranched alkanes of at least 4 members (excludes halogenated alkanes) is 1. The topological polar surface area (TPSA) is 60.8 Å². The summed E-state index contributed by atoms with van der Waals surface area (Å²) in [6.45, 7) is 0.376. The van der Waals surface area contributed by atoms with Crippen LogP contribution in [0.3, 0.4) is 0 Å². The minimum Gasteiger partial charge on any atom is -0.277 e. The molecule has 0 spiro atoms. The van der Waals surface area contributed by atoms with Crippen molar-refractivity contribution in [3.05, 3.63) is 29.8 Å². The van der Waals surface area contributed by atoms with Crippen molar-refractivity contribution in [2.45, 2.75) is 17.7 Å². The fraction of sp³-hybridized carbons (Fsp3) is 0.364. The first-order valence-corrected chi connectivity index (χ1v) is 7.97. The molecule has 2 rings (SSSR count). The van der Waals surface area contributed by atoms with Crippen molar-refractivity contribution in [2.75, 3.05) is 11.9 Å². The monoisotopic (exact) mass is 319 g/mol. The lowest BCUT2D eigenvalue weighted by molar-refractivity contribution is 0.0861. The molecular formula is C11H14BrNO3S. The predicted octanol–water partition coefficient (Wildman–Crippen LogP) is 3.34. The number of alkyl halides is 1. The van der Waals surface area contributed by atoms with Crippen molar-refractivity contribution >= 4 is 32.6 Å². The van der Waals surface area contributed by atoms with Gasteiger partial charge in [-0.15, -0.1) is 0 Å². The molecule has 4 nitrogen and oxygen atoms in total. The Labute approximate surface area is 110 Å². The van der Waals surface area contributed by atoms with E-state index in [1.54, 1.807) is 24.3 Å². The zero-order valence-electron chi connectivity index (χ0n) is 9.17. The molecule has 2 N–H and O–H groups in total. The number of carbonyl (C=O) groups is 1. The molecule has 94 valence electrons. The lowest BCUT2D eigenvalue weighted by Gasteiger charge is -2.36. The van der Waals surface area contributed by atoms with E-state index in [4.69, 9.17) is 0 Å². The maximum Gasteiger partial charge on any atom is 0.274 e. The van der Waals surface area contributed by atoms with Gasteiger partial charge < -0.3 is 0 Å². The average molecular weight is 320 g/mol. The molecule has 1 aromatic carbocycles. The third-order valence-electron chi connectivity index (χ3n) is 2.69. The maximum absolute atomic E-state index is 12.0. The molecule has 6 heteroatoms. The Bertz CT molecular complexity index is 438. The number of hydrogen-bond donors (Lipinski definition) is 2. The van der Waals surface area contributed by atoms with Gasteiger partial charge >= 0.3 is 0 Å². The van der Waals surface area contributed by atoms with Gasteiger partial charge in [0.15, 0.2) is 0 Å². The standard InChI is InChI=1S/C11H14BrNO3S/c12-7-3-4-8-13-11(14)9-5-1-2-6-10(9)17(13,15)16/h1-2,5-6,15-16H,3-4,7-8H2. The van der Waals surface area contributed by atoms with Crippen LogP contribution in [0.15, 0.2) is 29.2 Å². The average Bonchev–Trinajstić information content (AvgIpc) is 2.51. The molecule has 0 bridgehead atoms. The predicted molar refractivity (Wildman–Crippen MR) is 71.6 cm³/mol. The molecule has 1 heterocycles. The molecule has 0 saturated carbocycles. The Morgan fingerprint density at radius 1 is 1.24 bits per heavy atom. The summed E-state index contributed by atoms with van der Waals surface area (Å²) in [6, 6.07) is 6.68. The fourth-order valence-electron chi connectivity index (χ4n) is 1.83. The van der Waals surface area contributed by atoms with Crippen LogP contribution in [0.1, 0.15) is 23.2 Å². The summed E-state index contributed by atoms with van der Waals surface area (Å²) in [5.41, 5.74) is 0.409. The number of amides is 1. The normalized spacial score (nSPS) is 19.2. The van der Waals surface area contributed by atoms with Crippen molar-refractivity contribution < 1.29 is 13.9 Å². The van der Waals surface area contributed by atoms with Gasteiger partial charge in [0.25, 0.3) is 5.91 Å². The summed E-state index contributed by atoms with van der Waals surface area (Å²) >= 11 is 3.31. The highest BCUT2D eigenvalue weighted by Crippen LogP contribution is 2.58. The molecule has 0 radical (unpaired) electrons. The first kappa shape index (κ1) is 12.9. The third kappa shape index (κ3) is 2.22. The Balaban J connectivity index is 2.24. The number of nitrogens with zero attached hydrogens (tertiary/aromatic N) is 1. The van der Waals surface area contributed by atoms with Crippen molar-refractivity contribution in [1.29, 1.82) is 0 Å². The van der Waals surface area contributed by atoms with Crippen LogP contribution in [-0.4, -0.2) is 31.2 Å². The molecule has 1 aliphatic rings. The van der Waals surface area contributed by atoms with Gasteiger partial charge in [-0.1, -0.05) is 38.8 Å². The van der Waals surface area contributed by atoms with Crippen molar-refractivity contribution in [2.24, 2.45) is 0 Å². The van der Waals surface area contributed by atoms with E-state index in [0.717, 1.165) is 18.2 Å². The molecule has 0 aliphatic carbocycles. The summed E-state index contributed by atoms with van der Waals surface area (Å²) in [4.78, 5) is 12.4. The van der Waals surface area contributed by atoms with Gasteiger partial charge in [0.2, 0.25) is 0 Å². The molecule has 0 fully saturated rings. The van der Waals surface area contributed by atoms with Gasteiger partial charge in [-0.05, 0) is 25.0 Å². The number of hydrogen-bond acceptors (Lipinski definition) is 3. The number of halogens is 1. The molecule has 1 amide bonds. The quantitative estimate of drug-likeness (QED) is 0.661. The summed E-state index contributed by atoms with van der Waals surface area (Å²) in [5, 5.41) is 0.848. The number of carbonyl (C=O) groups excluding carboxylic acids is 1. The van der Waals surface area contributed by atoms with Gasteiger partial charge in [0.05, 0.1) is 10.5 Å². The van der Waals surface area contributed by atoms with E-state index in [1.807, 2.05) is 0 Å². The second-order valence-electron chi connectivity index (χ2n) is 3.82. The first-order valence-electron chi connectivity index (χ1n) is 5.34. The van der Waals surface area contributed by atoms with Crippen molar-refractivity contribution in [3.63, 3.8) is 0 Å². The van der Waals surface area contributed by atoms with E-state index in [-0.39, 0.29) is 5.91 Å². The van der Waals surface area contributed by atoms with E-state index >= 15 is 0 Å². The van der Waals surface area contributed by atoms with Gasteiger partial charge in [0.1, 0.15) is 0 Å². The summed E-state index contributed by atoms with van der Waals surface area (Å²) < 4.78 is 21.4. The van der Waals surface area contributed by atoms with Gasteiger partial charge in [0, 0.05) is 11.9 Å². The highest BCUT2D eigenvalue weighted by Gasteiger charge is 2.40. The lowest BCUT2D eigenvalue weighted by atomic mass is 10.2. The van der Waals surface area contributed by atoms with E-state index in [9.17, 15) is 13.9 Å². The van der Waals surface area contributed by atoms with Crippen molar-refractivity contribution in [3.8, 4) is 0 Å². The Morgan fingerprint density at radius 3 is 2.59 bits per heavy atom. The molecule has 0 unspecified atom stereocenters. The Kier molecular flexibility index (Phi) is 3.77. The van der Waals surface area contributed by atoms with Gasteiger partial charge in [-0.2, -0.15) is 0 Å². The smallest absolute Gasteiger partial charge is 0.274 e. The van der Waals surface area contributed by atoms with Crippen LogP contribution in [0.5, 0.6) is 0 Å². The summed E-state index contributed by atoms with van der Waals surface area (Å²) in [6.07, 6.45) is 1.65. The minimum atomic E-state index is -3.11. The van der Waals surface area contributed by atoms with E-state index in [1.165, 1.54) is 4.31 Å². The van der Waals surface area contributed by atoms with Gasteiger partial charge in [-0.3, -0.25) is 13.9 Å². The molecule has 1 aromatic rings. The molecule has 0 saturated heterocycles. The van der Waals surface area contributed by atoms with Crippen LogP contribution < -0.4 is 0 Å². The van der Waals surface area contributed by atoms with E-state index in [2.05, 4.69) is 15.9 Å². The zero-order valence-corrected chi connectivity index (χ0v) is 11.6. The fourth-order valence-corrected chi connectivity index (χ4v) is 3.89. The molecule has 1 aliphatic heterocycles. The molecule has 17 heavy (non-hydrogen) atoms. The Hall–Kier alpha value is -0.560. The zero-order chi connectivity index (χ0) is 12.5. The van der Waals surface area contributed by atoms with Crippen LogP contribution in [-0.2, 0) is 0 Å². The first-order chi connectivity index (χ1) is 8.09. The van der Waals surface area contributed by atoms with E-state index < -0.39 is 10.8 Å². The molecule has 0 aromatic heterocycles. The highest BCUT2D eigenvalue weighted by atomic mass is 79.9. The van der Waals surface area contributed by atoms with Crippen LogP contribution in [0.25, 0.3) is 0 Å². The lowest BCUT2D eigenvalue weighted by Crippen LogP contribution is -2.28. The van der Waals surface area contributed by atoms with E-state index in [0.29, 0.717) is 17.0 Å². The van der Waals surface area contributed by atoms with Crippen LogP contribution >= 0.6 is 26.7 Å². The summed E-state index contributed by atoms with van der Waals surface area (Å²) in [7, 11) is -3.11. The van der Waals surface area contributed by atoms with Gasteiger partial charge in [-0.25, -0.2) is 4.31 Å². The van der Waals surface area contributed by atoms with Crippen LogP contribution in [0.2, 0.25) is 0 Å². The molecular weight excluding hydrogens is 306 g/mol. The minimum absolute atomic E-state index is 0.282. The highest BCUT2D eigenvalue weighted by molar-refractivity contribution is 9.09. The number of fused-ring (bicyclic) bond motifs is 1. The molecule has 0 atom stereocenters. The number of rotatable bonds is 4. The maximum atomic E-state index is 12.0. The van der Waals surface area contributed by atoms with Crippen LogP contribution in [0, 0.1) is 0 Å². The third-order valence-corrected chi connectivity index (χ3v) is 5.16. The SMILES string of the molecule is O=C1c2ccccc2S(O)(O)N1CCCCBr. The summed E-state index contributed by atoms with van der Waals surface area (Å²) in [5.74, 6) is -0.282. The second kappa shape index (κ2) is 4.97. The number of benzene rings is 1. The van der Waals surface area contributed by atoms with Crippen LogP contribution in [0.4, 0.5) is 0 Å². The van der Waals surface area contributed by atoms with Crippen molar-refractivity contribution in [1.82, 2.24) is 4.31 Å².